The third-order valence-electron chi connectivity index (χ3n) is 4.00. The maximum absolute atomic E-state index is 12.4. The molecule has 1 aromatic carbocycles. The van der Waals surface area contributed by atoms with Gasteiger partial charge in [0.1, 0.15) is 12.7 Å². The summed E-state index contributed by atoms with van der Waals surface area (Å²) in [6.45, 7) is 1.23. The number of nitrogens with one attached hydrogen (secondary N) is 1. The summed E-state index contributed by atoms with van der Waals surface area (Å²) < 4.78 is 3.50. The van der Waals surface area contributed by atoms with Crippen LogP contribution in [-0.2, 0) is 13.1 Å². The molecule has 4 rings (SSSR count). The number of carbonyl (C=O) groups is 1. The quantitative estimate of drug-likeness (QED) is 0.570. The second-order valence-electron chi connectivity index (χ2n) is 6.00. The molecule has 0 saturated carbocycles. The highest BCUT2D eigenvalue weighted by molar-refractivity contribution is 6.03. The molecule has 3 aromatic heterocycles. The van der Waals surface area contributed by atoms with E-state index in [1.807, 2.05) is 30.5 Å². The number of aromatic nitrogens is 6. The summed E-state index contributed by atoms with van der Waals surface area (Å²) in [7, 11) is 0. The number of rotatable bonds is 6. The summed E-state index contributed by atoms with van der Waals surface area (Å²) in [5, 5.41) is 11.3. The summed E-state index contributed by atoms with van der Waals surface area (Å²) in [6, 6.07) is 13.0. The normalized spacial score (nSPS) is 10.7. The van der Waals surface area contributed by atoms with Crippen molar-refractivity contribution in [1.29, 1.82) is 0 Å². The average Bonchev–Trinajstić information content (AvgIpc) is 3.35. The zero-order chi connectivity index (χ0) is 18.5. The van der Waals surface area contributed by atoms with Gasteiger partial charge >= 0.3 is 0 Å². The first-order valence-corrected chi connectivity index (χ1v) is 8.41. The van der Waals surface area contributed by atoms with Gasteiger partial charge in [-0.1, -0.05) is 12.1 Å². The van der Waals surface area contributed by atoms with Crippen molar-refractivity contribution in [1.82, 2.24) is 29.5 Å². The fourth-order valence-corrected chi connectivity index (χ4v) is 2.64. The molecule has 0 saturated heterocycles. The molecule has 0 spiro atoms. The van der Waals surface area contributed by atoms with Crippen LogP contribution >= 0.6 is 0 Å². The van der Waals surface area contributed by atoms with Crippen molar-refractivity contribution < 1.29 is 4.79 Å². The molecule has 1 amide bonds. The van der Waals surface area contributed by atoms with Crippen LogP contribution in [0.25, 0.3) is 0 Å². The first kappa shape index (κ1) is 16.6. The van der Waals surface area contributed by atoms with Crippen LogP contribution in [0, 0.1) is 0 Å². The second kappa shape index (κ2) is 7.61. The van der Waals surface area contributed by atoms with Crippen molar-refractivity contribution in [3.8, 4) is 0 Å². The molecule has 1 N–H and O–H groups in total. The van der Waals surface area contributed by atoms with E-state index in [-0.39, 0.29) is 5.91 Å². The molecule has 0 fully saturated rings. The second-order valence-corrected chi connectivity index (χ2v) is 6.00. The minimum Gasteiger partial charge on any atom is -0.305 e. The highest BCUT2D eigenvalue weighted by atomic mass is 16.1. The van der Waals surface area contributed by atoms with Crippen LogP contribution in [0.4, 0.5) is 5.82 Å². The van der Waals surface area contributed by atoms with Gasteiger partial charge < -0.3 is 5.32 Å². The number of hydrogen-bond donors (Lipinski definition) is 1. The van der Waals surface area contributed by atoms with Crippen LogP contribution in [0.1, 0.15) is 21.5 Å². The minimum absolute atomic E-state index is 0.198. The van der Waals surface area contributed by atoms with Crippen LogP contribution in [0.2, 0.25) is 0 Å². The Bertz CT molecular complexity index is 1010. The van der Waals surface area contributed by atoms with Crippen molar-refractivity contribution in [3.05, 3.63) is 90.4 Å². The maximum atomic E-state index is 12.4. The number of pyridine rings is 1. The van der Waals surface area contributed by atoms with Crippen LogP contribution in [0.5, 0.6) is 0 Å². The first-order valence-electron chi connectivity index (χ1n) is 8.41. The molecule has 27 heavy (non-hydrogen) atoms. The van der Waals surface area contributed by atoms with E-state index in [0.29, 0.717) is 24.5 Å². The van der Waals surface area contributed by atoms with E-state index in [0.717, 1.165) is 11.1 Å². The Labute approximate surface area is 155 Å². The van der Waals surface area contributed by atoms with Crippen molar-refractivity contribution in [2.45, 2.75) is 13.1 Å². The fourth-order valence-electron chi connectivity index (χ4n) is 2.64. The van der Waals surface area contributed by atoms with Gasteiger partial charge in [-0.05, 0) is 35.4 Å². The molecule has 0 aliphatic heterocycles. The zero-order valence-corrected chi connectivity index (χ0v) is 14.4. The number of benzene rings is 1. The lowest BCUT2D eigenvalue weighted by atomic mass is 10.1. The van der Waals surface area contributed by atoms with E-state index in [4.69, 9.17) is 0 Å². The van der Waals surface area contributed by atoms with E-state index in [9.17, 15) is 4.79 Å². The Morgan fingerprint density at radius 2 is 1.63 bits per heavy atom. The van der Waals surface area contributed by atoms with E-state index in [1.165, 1.54) is 6.33 Å². The van der Waals surface area contributed by atoms with E-state index in [1.54, 1.807) is 46.3 Å². The van der Waals surface area contributed by atoms with E-state index < -0.39 is 0 Å². The van der Waals surface area contributed by atoms with Gasteiger partial charge in [0.15, 0.2) is 5.82 Å². The van der Waals surface area contributed by atoms with Gasteiger partial charge in [-0.2, -0.15) is 10.2 Å². The van der Waals surface area contributed by atoms with Crippen molar-refractivity contribution in [2.24, 2.45) is 0 Å². The van der Waals surface area contributed by atoms with Crippen molar-refractivity contribution in [3.63, 3.8) is 0 Å². The zero-order valence-electron chi connectivity index (χ0n) is 14.4. The molecule has 3 heterocycles. The molecule has 0 aliphatic rings. The Kier molecular flexibility index (Phi) is 4.69. The first-order chi connectivity index (χ1) is 13.3. The van der Waals surface area contributed by atoms with Gasteiger partial charge in [-0.3, -0.25) is 14.5 Å². The monoisotopic (exact) mass is 359 g/mol. The molecular weight excluding hydrogens is 342 g/mol. The molecule has 0 atom stereocenters. The average molecular weight is 359 g/mol. The van der Waals surface area contributed by atoms with Gasteiger partial charge in [-0.15, -0.1) is 0 Å². The smallest absolute Gasteiger partial charge is 0.256 e. The number of hydrogen-bond acceptors (Lipinski definition) is 5. The summed E-state index contributed by atoms with van der Waals surface area (Å²) in [4.78, 5) is 20.3. The SMILES string of the molecule is O=C(Nc1ccn(Cc2ccncc2)n1)c1ccc(Cn2cncn2)cc1. The molecule has 8 heteroatoms. The van der Waals surface area contributed by atoms with Gasteiger partial charge in [-0.25, -0.2) is 9.67 Å². The Morgan fingerprint density at radius 3 is 2.37 bits per heavy atom. The highest BCUT2D eigenvalue weighted by Gasteiger charge is 2.08. The van der Waals surface area contributed by atoms with E-state index >= 15 is 0 Å². The standard InChI is InChI=1S/C19H17N7O/c27-19(17-3-1-15(2-4-17)12-26-14-21-13-22-26)23-18-7-10-25(24-18)11-16-5-8-20-9-6-16/h1-10,13-14H,11-12H2,(H,23,24,27). The van der Waals surface area contributed by atoms with Gasteiger partial charge in [0.2, 0.25) is 0 Å². The van der Waals surface area contributed by atoms with Gasteiger partial charge in [0, 0.05) is 30.2 Å². The highest BCUT2D eigenvalue weighted by Crippen LogP contribution is 2.10. The van der Waals surface area contributed by atoms with Crippen LogP contribution in [-0.4, -0.2) is 35.4 Å². The fraction of sp³-hybridized carbons (Fsp3) is 0.105. The lowest BCUT2D eigenvalue weighted by Crippen LogP contribution is -2.13. The molecule has 0 unspecified atom stereocenters. The number of amides is 1. The summed E-state index contributed by atoms with van der Waals surface area (Å²) >= 11 is 0. The third-order valence-corrected chi connectivity index (χ3v) is 4.00. The predicted molar refractivity (Wildman–Crippen MR) is 99.1 cm³/mol. The lowest BCUT2D eigenvalue weighted by Gasteiger charge is -2.05. The number of anilines is 1. The van der Waals surface area contributed by atoms with Gasteiger partial charge in [0.05, 0.1) is 13.1 Å². The molecule has 8 nitrogen and oxygen atoms in total. The molecule has 0 bridgehead atoms. The summed E-state index contributed by atoms with van der Waals surface area (Å²) in [5.74, 6) is 0.317. The third kappa shape index (κ3) is 4.24. The van der Waals surface area contributed by atoms with Crippen molar-refractivity contribution >= 4 is 11.7 Å². The van der Waals surface area contributed by atoms with Crippen molar-refractivity contribution in [2.75, 3.05) is 5.32 Å². The molecule has 4 aromatic rings. The summed E-state index contributed by atoms with van der Waals surface area (Å²) in [6.07, 6.45) is 8.47. The Morgan fingerprint density at radius 1 is 0.889 bits per heavy atom. The lowest BCUT2D eigenvalue weighted by molar-refractivity contribution is 0.102. The molecular formula is C19H17N7O. The Hall–Kier alpha value is -3.81. The van der Waals surface area contributed by atoms with Crippen LogP contribution in [0.3, 0.4) is 0 Å². The van der Waals surface area contributed by atoms with Crippen LogP contribution in [0.15, 0.2) is 73.7 Å². The Balaban J connectivity index is 1.37. The minimum atomic E-state index is -0.198. The topological polar surface area (TPSA) is 90.5 Å². The summed E-state index contributed by atoms with van der Waals surface area (Å²) in [5.41, 5.74) is 2.70. The van der Waals surface area contributed by atoms with E-state index in [2.05, 4.69) is 25.5 Å². The van der Waals surface area contributed by atoms with Crippen LogP contribution < -0.4 is 5.32 Å². The molecule has 0 radical (unpaired) electrons. The molecule has 0 aliphatic carbocycles. The maximum Gasteiger partial charge on any atom is 0.256 e. The largest absolute Gasteiger partial charge is 0.305 e. The molecule has 134 valence electrons. The van der Waals surface area contributed by atoms with Gasteiger partial charge in [0.25, 0.3) is 5.91 Å². The number of carbonyl (C=O) groups excluding carboxylic acids is 1. The predicted octanol–water partition coefficient (Wildman–Crippen LogP) is 2.22. The number of nitrogens with zero attached hydrogens (tertiary/aromatic N) is 6.